The lowest BCUT2D eigenvalue weighted by molar-refractivity contribution is -0.120. The Kier molecular flexibility index (Phi) is 4.52. The second kappa shape index (κ2) is 6.75. The van der Waals surface area contributed by atoms with Crippen molar-refractivity contribution in [1.82, 2.24) is 0 Å². The van der Waals surface area contributed by atoms with Gasteiger partial charge >= 0.3 is 0 Å². The van der Waals surface area contributed by atoms with Crippen LogP contribution in [0.5, 0.6) is 5.75 Å². The minimum absolute atomic E-state index is 0.122. The summed E-state index contributed by atoms with van der Waals surface area (Å²) >= 11 is 1.42. The third-order valence-corrected chi connectivity index (χ3v) is 4.73. The topological polar surface area (TPSA) is 67.4 Å². The maximum atomic E-state index is 12.2. The Morgan fingerprint density at radius 2 is 1.96 bits per heavy atom. The highest BCUT2D eigenvalue weighted by atomic mass is 32.2. The predicted molar refractivity (Wildman–Crippen MR) is 91.0 cm³/mol. The first kappa shape index (κ1) is 15.4. The van der Waals surface area contributed by atoms with Crippen molar-refractivity contribution in [3.8, 4) is 5.75 Å². The standard InChI is InChI=1S/C17H16N2O3S/c1-22-12-8-6-11(7-9-12)18-16(20)10-15-17(21)19-13-4-2-3-5-14(13)23-15/h2-9,15H,10H2,1H3,(H,18,20)(H,19,21). The number of carbonyl (C=O) groups excluding carboxylic acids is 2. The number of anilines is 2. The minimum atomic E-state index is -0.428. The first-order valence-corrected chi connectivity index (χ1v) is 8.04. The van der Waals surface area contributed by atoms with Gasteiger partial charge in [-0.1, -0.05) is 12.1 Å². The largest absolute Gasteiger partial charge is 0.497 e. The number of amides is 2. The molecule has 1 unspecified atom stereocenters. The maximum Gasteiger partial charge on any atom is 0.238 e. The van der Waals surface area contributed by atoms with Crippen molar-refractivity contribution in [3.63, 3.8) is 0 Å². The van der Waals surface area contributed by atoms with Gasteiger partial charge in [0, 0.05) is 17.0 Å². The van der Waals surface area contributed by atoms with Crippen molar-refractivity contribution in [1.29, 1.82) is 0 Å². The first-order chi connectivity index (χ1) is 11.2. The van der Waals surface area contributed by atoms with Crippen molar-refractivity contribution in [2.24, 2.45) is 0 Å². The quantitative estimate of drug-likeness (QED) is 0.905. The molecule has 0 saturated heterocycles. The molecule has 0 spiro atoms. The van der Waals surface area contributed by atoms with Gasteiger partial charge in [-0.3, -0.25) is 9.59 Å². The Balaban J connectivity index is 1.62. The van der Waals surface area contributed by atoms with Crippen LogP contribution in [-0.4, -0.2) is 24.2 Å². The predicted octanol–water partition coefficient (Wildman–Crippen LogP) is 3.14. The Labute approximate surface area is 138 Å². The molecule has 3 rings (SSSR count). The van der Waals surface area contributed by atoms with Gasteiger partial charge in [0.05, 0.1) is 18.0 Å². The molecule has 5 nitrogen and oxygen atoms in total. The summed E-state index contributed by atoms with van der Waals surface area (Å²) in [5, 5.41) is 5.21. The molecule has 1 heterocycles. The van der Waals surface area contributed by atoms with Crippen LogP contribution in [-0.2, 0) is 9.59 Å². The summed E-state index contributed by atoms with van der Waals surface area (Å²) < 4.78 is 5.07. The second-order valence-corrected chi connectivity index (χ2v) is 6.32. The van der Waals surface area contributed by atoms with E-state index in [4.69, 9.17) is 4.74 Å². The third kappa shape index (κ3) is 3.65. The first-order valence-electron chi connectivity index (χ1n) is 7.16. The van der Waals surface area contributed by atoms with Gasteiger partial charge in [0.25, 0.3) is 0 Å². The number of carbonyl (C=O) groups is 2. The summed E-state index contributed by atoms with van der Waals surface area (Å²) in [4.78, 5) is 25.2. The number of ether oxygens (including phenoxy) is 1. The monoisotopic (exact) mass is 328 g/mol. The molecular formula is C17H16N2O3S. The number of hydrogen-bond donors (Lipinski definition) is 2. The summed E-state index contributed by atoms with van der Waals surface area (Å²) in [6, 6.07) is 14.7. The van der Waals surface area contributed by atoms with Gasteiger partial charge in [-0.25, -0.2) is 0 Å². The normalized spacial score (nSPS) is 16.2. The molecule has 2 aromatic carbocycles. The van der Waals surface area contributed by atoms with Gasteiger partial charge in [0.1, 0.15) is 5.75 Å². The maximum absolute atomic E-state index is 12.2. The lowest BCUT2D eigenvalue weighted by atomic mass is 10.2. The highest BCUT2D eigenvalue weighted by molar-refractivity contribution is 8.01. The minimum Gasteiger partial charge on any atom is -0.497 e. The zero-order valence-electron chi connectivity index (χ0n) is 12.5. The van der Waals surface area contributed by atoms with E-state index in [0.29, 0.717) is 5.69 Å². The van der Waals surface area contributed by atoms with Crippen molar-refractivity contribution in [2.45, 2.75) is 16.6 Å². The number of hydrogen-bond acceptors (Lipinski definition) is 4. The van der Waals surface area contributed by atoms with E-state index in [1.807, 2.05) is 24.3 Å². The van der Waals surface area contributed by atoms with Gasteiger partial charge in [-0.05, 0) is 36.4 Å². The molecule has 23 heavy (non-hydrogen) atoms. The zero-order chi connectivity index (χ0) is 16.2. The molecule has 2 aromatic rings. The molecule has 1 aliphatic rings. The SMILES string of the molecule is COc1ccc(NC(=O)CC2Sc3ccccc3NC2=O)cc1. The van der Waals surface area contributed by atoms with Crippen LogP contribution in [0.15, 0.2) is 53.4 Å². The third-order valence-electron chi connectivity index (χ3n) is 3.45. The van der Waals surface area contributed by atoms with Crippen LogP contribution in [0.3, 0.4) is 0 Å². The van der Waals surface area contributed by atoms with Gasteiger partial charge in [0.15, 0.2) is 0 Å². The fourth-order valence-electron chi connectivity index (χ4n) is 2.28. The van der Waals surface area contributed by atoms with Crippen molar-refractivity contribution in [3.05, 3.63) is 48.5 Å². The van der Waals surface area contributed by atoms with Gasteiger partial charge in [0.2, 0.25) is 11.8 Å². The van der Waals surface area contributed by atoms with Crippen LogP contribution in [0.4, 0.5) is 11.4 Å². The summed E-state index contributed by atoms with van der Waals surface area (Å²) in [5.74, 6) is 0.391. The van der Waals surface area contributed by atoms with E-state index in [1.165, 1.54) is 11.8 Å². The van der Waals surface area contributed by atoms with Gasteiger partial charge < -0.3 is 15.4 Å². The van der Waals surface area contributed by atoms with Crippen LogP contribution in [0.25, 0.3) is 0 Å². The average Bonchev–Trinajstić information content (AvgIpc) is 2.56. The van der Waals surface area contributed by atoms with Crippen LogP contribution >= 0.6 is 11.8 Å². The fraction of sp³-hybridized carbons (Fsp3) is 0.176. The van der Waals surface area contributed by atoms with Gasteiger partial charge in [-0.2, -0.15) is 0 Å². The molecule has 0 fully saturated rings. The number of benzene rings is 2. The van der Waals surface area contributed by atoms with Crippen LogP contribution in [0, 0.1) is 0 Å². The van der Waals surface area contributed by atoms with E-state index in [1.54, 1.807) is 31.4 Å². The molecule has 1 atom stereocenters. The fourth-order valence-corrected chi connectivity index (χ4v) is 3.39. The Bertz CT molecular complexity index is 731. The van der Waals surface area contributed by atoms with E-state index in [2.05, 4.69) is 10.6 Å². The van der Waals surface area contributed by atoms with E-state index in [-0.39, 0.29) is 18.2 Å². The highest BCUT2D eigenvalue weighted by Crippen LogP contribution is 2.36. The number of rotatable bonds is 4. The van der Waals surface area contributed by atoms with Crippen LogP contribution in [0.1, 0.15) is 6.42 Å². The molecule has 2 amide bonds. The Hall–Kier alpha value is -2.47. The van der Waals surface area contributed by atoms with Gasteiger partial charge in [-0.15, -0.1) is 11.8 Å². The molecule has 1 aliphatic heterocycles. The molecule has 0 radical (unpaired) electrons. The number of fused-ring (bicyclic) bond motifs is 1. The summed E-state index contributed by atoms with van der Waals surface area (Å²) in [6.07, 6.45) is 0.122. The molecule has 0 bridgehead atoms. The number of para-hydroxylation sites is 1. The summed E-state index contributed by atoms with van der Waals surface area (Å²) in [7, 11) is 1.59. The number of methoxy groups -OCH3 is 1. The van der Waals surface area contributed by atoms with E-state index >= 15 is 0 Å². The summed E-state index contributed by atoms with van der Waals surface area (Å²) in [5.41, 5.74) is 1.48. The van der Waals surface area contributed by atoms with E-state index in [0.717, 1.165) is 16.3 Å². The Morgan fingerprint density at radius 1 is 1.22 bits per heavy atom. The lowest BCUT2D eigenvalue weighted by Crippen LogP contribution is -2.32. The molecule has 6 heteroatoms. The van der Waals surface area contributed by atoms with E-state index in [9.17, 15) is 9.59 Å². The number of thioether (sulfide) groups is 1. The van der Waals surface area contributed by atoms with Crippen LogP contribution < -0.4 is 15.4 Å². The average molecular weight is 328 g/mol. The Morgan fingerprint density at radius 3 is 2.70 bits per heavy atom. The van der Waals surface area contributed by atoms with Crippen molar-refractivity contribution < 1.29 is 14.3 Å². The smallest absolute Gasteiger partial charge is 0.238 e. The zero-order valence-corrected chi connectivity index (χ0v) is 13.4. The van der Waals surface area contributed by atoms with Crippen molar-refractivity contribution in [2.75, 3.05) is 17.7 Å². The molecule has 0 saturated carbocycles. The highest BCUT2D eigenvalue weighted by Gasteiger charge is 2.28. The lowest BCUT2D eigenvalue weighted by Gasteiger charge is -2.23. The summed E-state index contributed by atoms with van der Waals surface area (Å²) in [6.45, 7) is 0. The number of nitrogens with one attached hydrogen (secondary N) is 2. The molecular weight excluding hydrogens is 312 g/mol. The second-order valence-electron chi connectivity index (χ2n) is 5.07. The molecule has 0 aliphatic carbocycles. The van der Waals surface area contributed by atoms with E-state index < -0.39 is 5.25 Å². The molecule has 0 aromatic heterocycles. The molecule has 2 N–H and O–H groups in total. The molecule has 118 valence electrons. The van der Waals surface area contributed by atoms with Crippen LogP contribution in [0.2, 0.25) is 0 Å². The van der Waals surface area contributed by atoms with Crippen molar-refractivity contribution >= 4 is 35.0 Å².